The number of fused-ring (bicyclic) bond motifs is 1. The molecule has 2 N–H and O–H groups in total. The summed E-state index contributed by atoms with van der Waals surface area (Å²) in [5.74, 6) is 0.214. The minimum absolute atomic E-state index is 0.0843. The van der Waals surface area contributed by atoms with Crippen molar-refractivity contribution in [3.05, 3.63) is 24.3 Å². The fourth-order valence-electron chi connectivity index (χ4n) is 3.21. The monoisotopic (exact) mass is 331 g/mol. The van der Waals surface area contributed by atoms with Crippen LogP contribution in [0.4, 0.5) is 5.13 Å². The summed E-state index contributed by atoms with van der Waals surface area (Å²) in [5.41, 5.74) is 7.28. The number of rotatable bonds is 2. The van der Waals surface area contributed by atoms with Crippen LogP contribution < -0.4 is 15.8 Å². The summed E-state index contributed by atoms with van der Waals surface area (Å²) >= 11 is 1.73. The van der Waals surface area contributed by atoms with E-state index < -0.39 is 0 Å². The molecule has 1 amide bonds. The van der Waals surface area contributed by atoms with Gasteiger partial charge < -0.3 is 9.80 Å². The first kappa shape index (κ1) is 14.9. The maximum Gasteiger partial charge on any atom is 0.241 e. The number of nitrogens with zero attached hydrogens (tertiary/aromatic N) is 3. The highest BCUT2D eigenvalue weighted by atomic mass is 32.1. The van der Waals surface area contributed by atoms with Crippen molar-refractivity contribution in [2.24, 2.45) is 0 Å². The Bertz CT molecular complexity index is 676. The van der Waals surface area contributed by atoms with Crippen LogP contribution in [0.1, 0.15) is 13.3 Å². The van der Waals surface area contributed by atoms with Crippen molar-refractivity contribution in [1.82, 2.24) is 20.7 Å². The second-order valence-electron chi connectivity index (χ2n) is 6.25. The van der Waals surface area contributed by atoms with Crippen LogP contribution >= 0.6 is 11.3 Å². The topological polar surface area (TPSA) is 60.5 Å². The first-order valence-electron chi connectivity index (χ1n) is 8.11. The SMILES string of the molecule is CC1CC(C(=O)N2CCN(c3nc4ccccc4s3)CC2)NN1. The second kappa shape index (κ2) is 6.07. The maximum atomic E-state index is 12.5. The van der Waals surface area contributed by atoms with Gasteiger partial charge in [-0.1, -0.05) is 23.5 Å². The summed E-state index contributed by atoms with van der Waals surface area (Å²) in [6, 6.07) is 8.49. The molecule has 0 spiro atoms. The zero-order chi connectivity index (χ0) is 15.8. The summed E-state index contributed by atoms with van der Waals surface area (Å²) in [7, 11) is 0. The van der Waals surface area contributed by atoms with E-state index in [-0.39, 0.29) is 11.9 Å². The normalized spacial score (nSPS) is 25.3. The van der Waals surface area contributed by atoms with Crippen molar-refractivity contribution >= 4 is 32.6 Å². The van der Waals surface area contributed by atoms with E-state index in [1.165, 1.54) is 4.70 Å². The molecule has 2 atom stereocenters. The van der Waals surface area contributed by atoms with Crippen LogP contribution in [0.2, 0.25) is 0 Å². The van der Waals surface area contributed by atoms with Gasteiger partial charge in [0.15, 0.2) is 5.13 Å². The van der Waals surface area contributed by atoms with Gasteiger partial charge in [0.2, 0.25) is 5.91 Å². The standard InChI is InChI=1S/C16H21N5OS/c1-11-10-13(19-18-11)15(22)20-6-8-21(9-7-20)16-17-12-4-2-3-5-14(12)23-16/h2-5,11,13,18-19H,6-10H2,1H3. The Balaban J connectivity index is 1.39. The molecule has 2 aromatic rings. The van der Waals surface area contributed by atoms with E-state index in [4.69, 9.17) is 4.98 Å². The quantitative estimate of drug-likeness (QED) is 0.866. The molecule has 2 saturated heterocycles. The van der Waals surface area contributed by atoms with E-state index in [9.17, 15) is 4.79 Å². The molecule has 0 bridgehead atoms. The predicted octanol–water partition coefficient (Wildman–Crippen LogP) is 1.20. The van der Waals surface area contributed by atoms with Crippen LogP contribution in [0.5, 0.6) is 0 Å². The second-order valence-corrected chi connectivity index (χ2v) is 7.26. The van der Waals surface area contributed by atoms with Crippen molar-refractivity contribution in [2.75, 3.05) is 31.1 Å². The van der Waals surface area contributed by atoms with Crippen molar-refractivity contribution in [1.29, 1.82) is 0 Å². The lowest BCUT2D eigenvalue weighted by molar-refractivity contribution is -0.133. The van der Waals surface area contributed by atoms with E-state index in [2.05, 4.69) is 34.8 Å². The molecule has 0 radical (unpaired) electrons. The van der Waals surface area contributed by atoms with Gasteiger partial charge in [-0.25, -0.2) is 10.4 Å². The number of nitrogens with one attached hydrogen (secondary N) is 2. The van der Waals surface area contributed by atoms with E-state index >= 15 is 0 Å². The first-order chi connectivity index (χ1) is 11.2. The zero-order valence-corrected chi connectivity index (χ0v) is 14.0. The molecule has 0 saturated carbocycles. The van der Waals surface area contributed by atoms with E-state index in [1.54, 1.807) is 11.3 Å². The summed E-state index contributed by atoms with van der Waals surface area (Å²) in [5, 5.41) is 1.06. The molecule has 2 fully saturated rings. The number of para-hydroxylation sites is 1. The molecular formula is C16H21N5OS. The molecule has 122 valence electrons. The Morgan fingerprint density at radius 3 is 2.70 bits per heavy atom. The minimum atomic E-state index is -0.0843. The van der Waals surface area contributed by atoms with Crippen LogP contribution in [-0.2, 0) is 4.79 Å². The number of thiazole rings is 1. The van der Waals surface area contributed by atoms with E-state index in [1.807, 2.05) is 17.0 Å². The summed E-state index contributed by atoms with van der Waals surface area (Å²) in [4.78, 5) is 21.5. The molecule has 1 aromatic carbocycles. The smallest absolute Gasteiger partial charge is 0.241 e. The number of carbonyl (C=O) groups is 1. The number of aromatic nitrogens is 1. The summed E-state index contributed by atoms with van der Waals surface area (Å²) in [6.07, 6.45) is 0.858. The lowest BCUT2D eigenvalue weighted by Crippen LogP contribution is -2.53. The number of anilines is 1. The van der Waals surface area contributed by atoms with Crippen LogP contribution in [0.25, 0.3) is 10.2 Å². The van der Waals surface area contributed by atoms with Crippen LogP contribution in [0.15, 0.2) is 24.3 Å². The van der Waals surface area contributed by atoms with Gasteiger partial charge in [0.05, 0.1) is 10.2 Å². The number of benzene rings is 1. The number of amides is 1. The molecule has 7 heteroatoms. The van der Waals surface area contributed by atoms with Gasteiger partial charge in [-0.3, -0.25) is 10.2 Å². The van der Waals surface area contributed by atoms with Gasteiger partial charge in [-0.15, -0.1) is 0 Å². The van der Waals surface area contributed by atoms with Crippen LogP contribution in [-0.4, -0.2) is 54.1 Å². The molecule has 4 rings (SSSR count). The molecule has 0 aliphatic carbocycles. The zero-order valence-electron chi connectivity index (χ0n) is 13.2. The Labute approximate surface area is 139 Å². The van der Waals surface area contributed by atoms with E-state index in [0.717, 1.165) is 43.2 Å². The fourth-order valence-corrected chi connectivity index (χ4v) is 4.23. The Morgan fingerprint density at radius 1 is 1.22 bits per heavy atom. The molecule has 23 heavy (non-hydrogen) atoms. The summed E-state index contributed by atoms with van der Waals surface area (Å²) in [6.45, 7) is 5.32. The van der Waals surface area contributed by atoms with Gasteiger partial charge in [-0.2, -0.15) is 0 Å². The maximum absolute atomic E-state index is 12.5. The number of hydrogen-bond acceptors (Lipinski definition) is 6. The Morgan fingerprint density at radius 2 is 2.00 bits per heavy atom. The number of carbonyl (C=O) groups excluding carboxylic acids is 1. The van der Waals surface area contributed by atoms with Crippen molar-refractivity contribution in [3.8, 4) is 0 Å². The van der Waals surface area contributed by atoms with Gasteiger partial charge >= 0.3 is 0 Å². The number of hydrazine groups is 1. The third-order valence-corrected chi connectivity index (χ3v) is 5.63. The number of hydrogen-bond donors (Lipinski definition) is 2. The van der Waals surface area contributed by atoms with Gasteiger partial charge in [0, 0.05) is 32.2 Å². The average molecular weight is 331 g/mol. The lowest BCUT2D eigenvalue weighted by atomic mass is 10.1. The molecule has 3 heterocycles. The van der Waals surface area contributed by atoms with E-state index in [0.29, 0.717) is 6.04 Å². The highest BCUT2D eigenvalue weighted by molar-refractivity contribution is 7.22. The molecule has 2 aliphatic rings. The molecule has 2 aliphatic heterocycles. The molecular weight excluding hydrogens is 310 g/mol. The largest absolute Gasteiger partial charge is 0.345 e. The first-order valence-corrected chi connectivity index (χ1v) is 8.93. The van der Waals surface area contributed by atoms with Gasteiger partial charge in [0.25, 0.3) is 0 Å². The average Bonchev–Trinajstić information content (AvgIpc) is 3.20. The molecule has 2 unspecified atom stereocenters. The highest BCUT2D eigenvalue weighted by Gasteiger charge is 2.32. The highest BCUT2D eigenvalue weighted by Crippen LogP contribution is 2.29. The van der Waals surface area contributed by atoms with Gasteiger partial charge in [-0.05, 0) is 25.5 Å². The lowest BCUT2D eigenvalue weighted by Gasteiger charge is -2.35. The van der Waals surface area contributed by atoms with Crippen LogP contribution in [0.3, 0.4) is 0 Å². The van der Waals surface area contributed by atoms with Crippen molar-refractivity contribution in [3.63, 3.8) is 0 Å². The summed E-state index contributed by atoms with van der Waals surface area (Å²) < 4.78 is 1.22. The van der Waals surface area contributed by atoms with Gasteiger partial charge in [0.1, 0.15) is 6.04 Å². The van der Waals surface area contributed by atoms with Crippen molar-refractivity contribution in [2.45, 2.75) is 25.4 Å². The predicted molar refractivity (Wildman–Crippen MR) is 92.6 cm³/mol. The Kier molecular flexibility index (Phi) is 3.92. The Hall–Kier alpha value is -1.70. The third-order valence-electron chi connectivity index (χ3n) is 4.54. The molecule has 6 nitrogen and oxygen atoms in total. The van der Waals surface area contributed by atoms with Crippen molar-refractivity contribution < 1.29 is 4.79 Å². The number of piperazine rings is 1. The molecule has 1 aromatic heterocycles. The fraction of sp³-hybridized carbons (Fsp3) is 0.500. The van der Waals surface area contributed by atoms with Crippen LogP contribution in [0, 0.1) is 0 Å². The minimum Gasteiger partial charge on any atom is -0.345 e. The third kappa shape index (κ3) is 2.91.